The van der Waals surface area contributed by atoms with Gasteiger partial charge in [0.2, 0.25) is 0 Å². The van der Waals surface area contributed by atoms with Crippen molar-refractivity contribution >= 4 is 12.4 Å². The van der Waals surface area contributed by atoms with Crippen molar-refractivity contribution in [3.63, 3.8) is 0 Å². The number of nitrogens with two attached hydrogens (primary N) is 1. The third kappa shape index (κ3) is 3.86. The average molecular weight is 365 g/mol. The zero-order chi connectivity index (χ0) is 17.3. The molecular weight excluding hydrogens is 340 g/mol. The maximum Gasteiger partial charge on any atom is 0.330 e. The minimum atomic E-state index is -0.285. The summed E-state index contributed by atoms with van der Waals surface area (Å²) < 4.78 is 2.68. The first-order valence-corrected chi connectivity index (χ1v) is 8.24. The summed E-state index contributed by atoms with van der Waals surface area (Å²) in [5, 5.41) is 0. The largest absolute Gasteiger partial charge is 0.330 e. The van der Waals surface area contributed by atoms with Gasteiger partial charge in [0.25, 0.3) is 5.56 Å². The molecule has 0 saturated carbocycles. The van der Waals surface area contributed by atoms with Crippen molar-refractivity contribution in [1.29, 1.82) is 0 Å². The molecule has 6 nitrogen and oxygen atoms in total. The van der Waals surface area contributed by atoms with E-state index in [1.807, 2.05) is 6.07 Å². The molecule has 0 amide bonds. The molecule has 25 heavy (non-hydrogen) atoms. The number of hydrogen-bond donors (Lipinski definition) is 1. The van der Waals surface area contributed by atoms with Crippen molar-refractivity contribution < 1.29 is 0 Å². The molecule has 1 aromatic carbocycles. The second kappa shape index (κ2) is 7.99. The topological polar surface area (TPSA) is 73.3 Å². The Hall–Kier alpha value is -1.89. The molecule has 1 aromatic heterocycles. The molecule has 1 aliphatic heterocycles. The Morgan fingerprint density at radius 2 is 1.76 bits per heavy atom. The van der Waals surface area contributed by atoms with Crippen LogP contribution in [0.1, 0.15) is 17.2 Å². The van der Waals surface area contributed by atoms with Crippen LogP contribution in [0.25, 0.3) is 0 Å². The first kappa shape index (κ1) is 19.4. The number of nitrogens with zero attached hydrogens (tertiary/aromatic N) is 3. The summed E-state index contributed by atoms with van der Waals surface area (Å²) in [6.45, 7) is 2.97. The van der Waals surface area contributed by atoms with Crippen LogP contribution in [0.5, 0.6) is 0 Å². The van der Waals surface area contributed by atoms with Gasteiger partial charge >= 0.3 is 5.69 Å². The maximum absolute atomic E-state index is 12.1. The number of benzene rings is 1. The number of halogens is 1. The van der Waals surface area contributed by atoms with E-state index in [4.69, 9.17) is 5.73 Å². The summed E-state index contributed by atoms with van der Waals surface area (Å²) in [6.07, 6.45) is 0. The Balaban J connectivity index is 0.00000225. The van der Waals surface area contributed by atoms with E-state index < -0.39 is 0 Å². The Labute approximate surface area is 153 Å². The van der Waals surface area contributed by atoms with Crippen molar-refractivity contribution in [1.82, 2.24) is 14.0 Å². The molecular formula is C18H25ClN4O2. The predicted octanol–water partition coefficient (Wildman–Crippen LogP) is 0.680. The number of aromatic nitrogens is 2. The molecule has 7 heteroatoms. The van der Waals surface area contributed by atoms with E-state index in [1.165, 1.54) is 12.6 Å². The van der Waals surface area contributed by atoms with Gasteiger partial charge in [-0.05, 0) is 18.0 Å². The summed E-state index contributed by atoms with van der Waals surface area (Å²) in [5.41, 5.74) is 7.48. The molecule has 136 valence electrons. The Kier molecular flexibility index (Phi) is 6.21. The minimum Gasteiger partial charge on any atom is -0.330 e. The number of likely N-dealkylation sites (tertiary alicyclic amines) is 1. The fourth-order valence-electron chi connectivity index (χ4n) is 3.57. The maximum atomic E-state index is 12.1. The van der Waals surface area contributed by atoms with Gasteiger partial charge < -0.3 is 5.73 Å². The lowest BCUT2D eigenvalue weighted by atomic mass is 9.89. The van der Waals surface area contributed by atoms with Gasteiger partial charge in [-0.1, -0.05) is 30.3 Å². The molecule has 0 spiro atoms. The fraction of sp³-hybridized carbons (Fsp3) is 0.444. The molecule has 2 aromatic rings. The van der Waals surface area contributed by atoms with E-state index in [-0.39, 0.29) is 23.7 Å². The Bertz CT molecular complexity index is 831. The van der Waals surface area contributed by atoms with Gasteiger partial charge in [-0.15, -0.1) is 12.4 Å². The van der Waals surface area contributed by atoms with Crippen LogP contribution in [0.2, 0.25) is 0 Å². The third-order valence-corrected chi connectivity index (χ3v) is 5.06. The Morgan fingerprint density at radius 1 is 1.08 bits per heavy atom. The average Bonchev–Trinajstić information content (AvgIpc) is 3.01. The van der Waals surface area contributed by atoms with Gasteiger partial charge in [-0.25, -0.2) is 4.79 Å². The molecule has 2 atom stereocenters. The highest BCUT2D eigenvalue weighted by Crippen LogP contribution is 2.32. The normalized spacial score (nSPS) is 20.4. The van der Waals surface area contributed by atoms with Gasteiger partial charge in [0.05, 0.1) is 0 Å². The monoisotopic (exact) mass is 364 g/mol. The van der Waals surface area contributed by atoms with Crippen LogP contribution in [-0.2, 0) is 20.6 Å². The van der Waals surface area contributed by atoms with E-state index in [9.17, 15) is 9.59 Å². The molecule has 0 aliphatic carbocycles. The lowest BCUT2D eigenvalue weighted by molar-refractivity contribution is 0.306. The van der Waals surface area contributed by atoms with E-state index in [2.05, 4.69) is 29.2 Å². The molecule has 3 rings (SSSR count). The first-order chi connectivity index (χ1) is 11.5. The second-order valence-electron chi connectivity index (χ2n) is 6.58. The molecule has 0 unspecified atom stereocenters. The Morgan fingerprint density at radius 3 is 2.40 bits per heavy atom. The van der Waals surface area contributed by atoms with Gasteiger partial charge in [-0.3, -0.25) is 18.8 Å². The summed E-state index contributed by atoms with van der Waals surface area (Å²) in [7, 11) is 3.21. The standard InChI is InChI=1S/C18H24N4O2.ClH/c1-20-15(8-17(23)21(2)18(20)24)11-22-10-14(9-19)16(12-22)13-6-4-3-5-7-13;/h3-8,14,16H,9-12,19H2,1-2H3;1H/t14-,16+;/m1./s1. The quantitative estimate of drug-likeness (QED) is 0.865. The van der Waals surface area contributed by atoms with Crippen LogP contribution in [0.15, 0.2) is 46.0 Å². The number of rotatable bonds is 4. The van der Waals surface area contributed by atoms with Crippen LogP contribution in [-0.4, -0.2) is 33.7 Å². The van der Waals surface area contributed by atoms with E-state index in [1.54, 1.807) is 17.7 Å². The van der Waals surface area contributed by atoms with Gasteiger partial charge in [0, 0.05) is 51.4 Å². The SMILES string of the molecule is Cl.Cn1c(CN2C[C@@H](CN)[C@H](c3ccccc3)C2)cc(=O)n(C)c1=O. The van der Waals surface area contributed by atoms with E-state index >= 15 is 0 Å². The summed E-state index contributed by atoms with van der Waals surface area (Å²) >= 11 is 0. The van der Waals surface area contributed by atoms with E-state index in [0.717, 1.165) is 23.4 Å². The zero-order valence-electron chi connectivity index (χ0n) is 14.6. The van der Waals surface area contributed by atoms with E-state index in [0.29, 0.717) is 24.9 Å². The van der Waals surface area contributed by atoms with Crippen molar-refractivity contribution in [3.8, 4) is 0 Å². The molecule has 1 aliphatic rings. The second-order valence-corrected chi connectivity index (χ2v) is 6.58. The smallest absolute Gasteiger partial charge is 0.330 e. The molecule has 2 heterocycles. The van der Waals surface area contributed by atoms with Crippen molar-refractivity contribution in [3.05, 3.63) is 68.5 Å². The molecule has 0 radical (unpaired) electrons. The van der Waals surface area contributed by atoms with Crippen LogP contribution >= 0.6 is 12.4 Å². The van der Waals surface area contributed by atoms with Crippen molar-refractivity contribution in [2.45, 2.75) is 12.5 Å². The van der Waals surface area contributed by atoms with Crippen LogP contribution in [0.4, 0.5) is 0 Å². The lowest BCUT2D eigenvalue weighted by Gasteiger charge is -2.18. The molecule has 1 saturated heterocycles. The highest BCUT2D eigenvalue weighted by Gasteiger charge is 2.33. The van der Waals surface area contributed by atoms with Gasteiger partial charge in [0.15, 0.2) is 0 Å². The van der Waals surface area contributed by atoms with Crippen molar-refractivity contribution in [2.75, 3.05) is 19.6 Å². The third-order valence-electron chi connectivity index (χ3n) is 5.06. The van der Waals surface area contributed by atoms with Crippen LogP contribution in [0, 0.1) is 5.92 Å². The van der Waals surface area contributed by atoms with Crippen molar-refractivity contribution in [2.24, 2.45) is 25.7 Å². The highest BCUT2D eigenvalue weighted by molar-refractivity contribution is 5.85. The zero-order valence-corrected chi connectivity index (χ0v) is 15.4. The predicted molar refractivity (Wildman–Crippen MR) is 101 cm³/mol. The van der Waals surface area contributed by atoms with Gasteiger partial charge in [0.1, 0.15) is 0 Å². The summed E-state index contributed by atoms with van der Waals surface area (Å²) in [4.78, 5) is 26.3. The summed E-state index contributed by atoms with van der Waals surface area (Å²) in [6, 6.07) is 12.0. The number of hydrogen-bond acceptors (Lipinski definition) is 4. The first-order valence-electron chi connectivity index (χ1n) is 8.24. The van der Waals surface area contributed by atoms with Crippen LogP contribution in [0.3, 0.4) is 0 Å². The highest BCUT2D eigenvalue weighted by atomic mass is 35.5. The molecule has 2 N–H and O–H groups in total. The lowest BCUT2D eigenvalue weighted by Crippen LogP contribution is -2.39. The van der Waals surface area contributed by atoms with Gasteiger partial charge in [-0.2, -0.15) is 0 Å². The fourth-order valence-corrected chi connectivity index (χ4v) is 3.57. The minimum absolute atomic E-state index is 0. The molecule has 0 bridgehead atoms. The van der Waals surface area contributed by atoms with Crippen LogP contribution < -0.4 is 17.0 Å². The summed E-state index contributed by atoms with van der Waals surface area (Å²) in [5.74, 6) is 0.774. The molecule has 1 fully saturated rings.